The van der Waals surface area contributed by atoms with Gasteiger partial charge in [0.25, 0.3) is 5.91 Å². The van der Waals surface area contributed by atoms with Crippen molar-refractivity contribution in [2.45, 2.75) is 32.7 Å². The first kappa shape index (κ1) is 12.6. The maximum absolute atomic E-state index is 11.8. The number of nitrogens with zero attached hydrogens (tertiary/aromatic N) is 1. The van der Waals surface area contributed by atoms with Crippen LogP contribution in [0.5, 0.6) is 0 Å². The van der Waals surface area contributed by atoms with Crippen molar-refractivity contribution < 1.29 is 4.79 Å². The van der Waals surface area contributed by atoms with Crippen LogP contribution in [0.15, 0.2) is 18.3 Å². The minimum atomic E-state index is -0.101. The molecule has 1 unspecified atom stereocenters. The van der Waals surface area contributed by atoms with Crippen LogP contribution >= 0.6 is 0 Å². The molecule has 0 aromatic carbocycles. The van der Waals surface area contributed by atoms with Crippen molar-refractivity contribution in [1.29, 1.82) is 0 Å². The molecule has 0 saturated carbocycles. The van der Waals surface area contributed by atoms with Crippen LogP contribution in [0.3, 0.4) is 0 Å². The standard InChI is InChI=1S/C12H19N3O/c1-3-4-11(7-13)15-12(16)10-6-5-9(2)14-8-10/h5-6,8,11H,3-4,7,13H2,1-2H3,(H,15,16). The molecule has 0 radical (unpaired) electrons. The van der Waals surface area contributed by atoms with Gasteiger partial charge in [0, 0.05) is 24.5 Å². The molecule has 1 heterocycles. The summed E-state index contributed by atoms with van der Waals surface area (Å²) in [5.41, 5.74) is 7.07. The highest BCUT2D eigenvalue weighted by Gasteiger charge is 2.11. The fraction of sp³-hybridized carbons (Fsp3) is 0.500. The van der Waals surface area contributed by atoms with Gasteiger partial charge in [0.2, 0.25) is 0 Å². The molecular formula is C12H19N3O. The zero-order chi connectivity index (χ0) is 12.0. The van der Waals surface area contributed by atoms with Gasteiger partial charge < -0.3 is 11.1 Å². The Morgan fingerprint density at radius 2 is 2.31 bits per heavy atom. The number of nitrogens with one attached hydrogen (secondary N) is 1. The van der Waals surface area contributed by atoms with Crippen LogP contribution in [-0.4, -0.2) is 23.5 Å². The van der Waals surface area contributed by atoms with Gasteiger partial charge in [0.05, 0.1) is 5.56 Å². The van der Waals surface area contributed by atoms with E-state index in [-0.39, 0.29) is 11.9 Å². The van der Waals surface area contributed by atoms with Crippen LogP contribution in [0.2, 0.25) is 0 Å². The number of amides is 1. The van der Waals surface area contributed by atoms with Crippen molar-refractivity contribution in [3.8, 4) is 0 Å². The molecule has 1 aromatic heterocycles. The molecule has 0 spiro atoms. The van der Waals surface area contributed by atoms with E-state index in [1.165, 1.54) is 0 Å². The SMILES string of the molecule is CCCC(CN)NC(=O)c1ccc(C)nc1. The molecule has 4 nitrogen and oxygen atoms in total. The highest BCUT2D eigenvalue weighted by molar-refractivity contribution is 5.94. The first-order chi connectivity index (χ1) is 7.67. The average molecular weight is 221 g/mol. The van der Waals surface area contributed by atoms with Crippen molar-refractivity contribution in [2.75, 3.05) is 6.54 Å². The number of aromatic nitrogens is 1. The topological polar surface area (TPSA) is 68.0 Å². The van der Waals surface area contributed by atoms with Crippen LogP contribution in [0.1, 0.15) is 35.8 Å². The summed E-state index contributed by atoms with van der Waals surface area (Å²) in [4.78, 5) is 15.9. The number of nitrogens with two attached hydrogens (primary N) is 1. The summed E-state index contributed by atoms with van der Waals surface area (Å²) in [5, 5.41) is 2.90. The Labute approximate surface area is 96.3 Å². The molecule has 1 atom stereocenters. The van der Waals surface area contributed by atoms with Crippen LogP contribution in [0.4, 0.5) is 0 Å². The van der Waals surface area contributed by atoms with Gasteiger partial charge >= 0.3 is 0 Å². The zero-order valence-electron chi connectivity index (χ0n) is 9.86. The van der Waals surface area contributed by atoms with Gasteiger partial charge in [0.1, 0.15) is 0 Å². The molecule has 0 aliphatic rings. The van der Waals surface area contributed by atoms with Gasteiger partial charge in [-0.05, 0) is 25.5 Å². The first-order valence-corrected chi connectivity index (χ1v) is 5.61. The highest BCUT2D eigenvalue weighted by atomic mass is 16.1. The smallest absolute Gasteiger partial charge is 0.253 e. The van der Waals surface area contributed by atoms with E-state index in [4.69, 9.17) is 5.73 Å². The van der Waals surface area contributed by atoms with Crippen molar-refractivity contribution in [1.82, 2.24) is 10.3 Å². The van der Waals surface area contributed by atoms with Crippen molar-refractivity contribution in [2.24, 2.45) is 5.73 Å². The summed E-state index contributed by atoms with van der Waals surface area (Å²) >= 11 is 0. The Morgan fingerprint density at radius 3 is 2.81 bits per heavy atom. The first-order valence-electron chi connectivity index (χ1n) is 5.61. The largest absolute Gasteiger partial charge is 0.348 e. The lowest BCUT2D eigenvalue weighted by molar-refractivity contribution is 0.0936. The van der Waals surface area contributed by atoms with Gasteiger partial charge in [0.15, 0.2) is 0 Å². The maximum atomic E-state index is 11.8. The zero-order valence-corrected chi connectivity index (χ0v) is 9.86. The number of carbonyl (C=O) groups excluding carboxylic acids is 1. The summed E-state index contributed by atoms with van der Waals surface area (Å²) in [6.45, 7) is 4.43. The van der Waals surface area contributed by atoms with E-state index in [0.717, 1.165) is 18.5 Å². The van der Waals surface area contributed by atoms with Crippen LogP contribution < -0.4 is 11.1 Å². The normalized spacial score (nSPS) is 12.2. The Morgan fingerprint density at radius 1 is 1.56 bits per heavy atom. The van der Waals surface area contributed by atoms with Crippen molar-refractivity contribution in [3.05, 3.63) is 29.6 Å². The number of carbonyl (C=O) groups is 1. The third-order valence-corrected chi connectivity index (χ3v) is 2.43. The summed E-state index contributed by atoms with van der Waals surface area (Å²) in [6, 6.07) is 3.66. The molecule has 3 N–H and O–H groups in total. The monoisotopic (exact) mass is 221 g/mol. The Bertz CT molecular complexity index is 335. The minimum absolute atomic E-state index is 0.0544. The van der Waals surface area contributed by atoms with Gasteiger partial charge in [-0.1, -0.05) is 13.3 Å². The number of rotatable bonds is 5. The third-order valence-electron chi connectivity index (χ3n) is 2.43. The lowest BCUT2D eigenvalue weighted by Gasteiger charge is -2.15. The van der Waals surface area contributed by atoms with Crippen LogP contribution in [0.25, 0.3) is 0 Å². The summed E-state index contributed by atoms with van der Waals surface area (Å²) in [5.74, 6) is -0.101. The number of pyridine rings is 1. The molecule has 0 aliphatic carbocycles. The predicted octanol–water partition coefficient (Wildman–Crippen LogP) is 1.25. The molecule has 0 saturated heterocycles. The summed E-state index contributed by atoms with van der Waals surface area (Å²) in [6.07, 6.45) is 3.50. The Kier molecular flexibility index (Phi) is 4.92. The predicted molar refractivity (Wildman–Crippen MR) is 64.2 cm³/mol. The van der Waals surface area contributed by atoms with Crippen molar-refractivity contribution >= 4 is 5.91 Å². The van der Waals surface area contributed by atoms with E-state index in [1.54, 1.807) is 12.3 Å². The molecule has 0 aliphatic heterocycles. The second-order valence-corrected chi connectivity index (χ2v) is 3.88. The van der Waals surface area contributed by atoms with E-state index >= 15 is 0 Å². The minimum Gasteiger partial charge on any atom is -0.348 e. The Hall–Kier alpha value is -1.42. The van der Waals surface area contributed by atoms with Gasteiger partial charge in [-0.15, -0.1) is 0 Å². The highest BCUT2D eigenvalue weighted by Crippen LogP contribution is 2.01. The van der Waals surface area contributed by atoms with Gasteiger partial charge in [-0.3, -0.25) is 9.78 Å². The van der Waals surface area contributed by atoms with E-state index in [2.05, 4.69) is 17.2 Å². The molecule has 1 amide bonds. The molecule has 1 rings (SSSR count). The average Bonchev–Trinajstić information content (AvgIpc) is 2.29. The van der Waals surface area contributed by atoms with E-state index in [0.29, 0.717) is 12.1 Å². The van der Waals surface area contributed by atoms with Crippen LogP contribution in [0, 0.1) is 6.92 Å². The molecule has 16 heavy (non-hydrogen) atoms. The number of hydrogen-bond acceptors (Lipinski definition) is 3. The summed E-state index contributed by atoms with van der Waals surface area (Å²) in [7, 11) is 0. The number of hydrogen-bond donors (Lipinski definition) is 2. The summed E-state index contributed by atoms with van der Waals surface area (Å²) < 4.78 is 0. The third kappa shape index (κ3) is 3.62. The molecule has 4 heteroatoms. The molecule has 0 bridgehead atoms. The second kappa shape index (κ2) is 6.23. The quantitative estimate of drug-likeness (QED) is 0.786. The van der Waals surface area contributed by atoms with Gasteiger partial charge in [-0.2, -0.15) is 0 Å². The molecule has 88 valence electrons. The van der Waals surface area contributed by atoms with Crippen molar-refractivity contribution in [3.63, 3.8) is 0 Å². The molecular weight excluding hydrogens is 202 g/mol. The van der Waals surface area contributed by atoms with Gasteiger partial charge in [-0.25, -0.2) is 0 Å². The van der Waals surface area contributed by atoms with E-state index < -0.39 is 0 Å². The fourth-order valence-electron chi connectivity index (χ4n) is 1.47. The van der Waals surface area contributed by atoms with E-state index in [1.807, 2.05) is 13.0 Å². The Balaban J connectivity index is 2.60. The molecule has 0 fully saturated rings. The fourth-order valence-corrected chi connectivity index (χ4v) is 1.47. The molecule has 1 aromatic rings. The van der Waals surface area contributed by atoms with Crippen LogP contribution in [-0.2, 0) is 0 Å². The lowest BCUT2D eigenvalue weighted by atomic mass is 10.1. The number of aryl methyl sites for hydroxylation is 1. The second-order valence-electron chi connectivity index (χ2n) is 3.88. The van der Waals surface area contributed by atoms with E-state index in [9.17, 15) is 4.79 Å². The lowest BCUT2D eigenvalue weighted by Crippen LogP contribution is -2.40. The maximum Gasteiger partial charge on any atom is 0.253 e.